The average molecular weight is 990 g/mol. The number of alkyl halides is 12. The molecule has 0 aromatic heterocycles. The number of benzene rings is 4. The maximum atomic E-state index is 14.1. The maximum Gasteiger partial charge on any atom is 0.417 e. The summed E-state index contributed by atoms with van der Waals surface area (Å²) in [5.74, 6) is -1.82. The van der Waals surface area contributed by atoms with Gasteiger partial charge in [0.2, 0.25) is 0 Å². The first-order chi connectivity index (χ1) is 28.0. The Kier molecular flexibility index (Phi) is 13.4. The zero-order valence-electron chi connectivity index (χ0n) is 29.6. The van der Waals surface area contributed by atoms with E-state index in [-0.39, 0.29) is 63.8 Å². The average Bonchev–Trinajstić information content (AvgIpc) is 3.83. The molecule has 0 radical (unpaired) electrons. The Morgan fingerprint density at radius 1 is 0.590 bits per heavy atom. The van der Waals surface area contributed by atoms with Crippen LogP contribution in [0, 0.1) is 11.3 Å². The second kappa shape index (κ2) is 17.0. The molecule has 5 nitrogen and oxygen atoms in total. The number of carbonyl (C=O) groups is 1. The molecule has 0 aliphatic carbocycles. The van der Waals surface area contributed by atoms with E-state index >= 15 is 0 Å². The Balaban J connectivity index is 0.000000231. The highest BCUT2D eigenvalue weighted by Gasteiger charge is 2.60. The van der Waals surface area contributed by atoms with Crippen LogP contribution in [0.3, 0.4) is 0 Å². The standard InChI is InChI=1S/C19H9Cl3F6N2.C19H10Cl3F6NO2/c20-13-4-11(5-14(21)16(13)22)17(19(26,27)28)6-15(30-8-17)9-1-2-10(7-29)12(3-9)18(23,24)25;20-12-4-9(5-13(21)15(12)22)17(19(26,27)28)6-14(29-7-17)8-1-2-10(16(30)31)11(3-8)18(23,24)25/h1-5H,6,8H2;1-5H,6-7H2,(H,30,31). The topological polar surface area (TPSA) is 85.8 Å². The highest BCUT2D eigenvalue weighted by molar-refractivity contribution is 6.48. The number of aliphatic imine (C=N–C) groups is 2. The predicted octanol–water partition coefficient (Wildman–Crippen LogP) is 14.3. The Hall–Kier alpha value is -3.92. The monoisotopic (exact) mass is 987 g/mol. The van der Waals surface area contributed by atoms with Crippen molar-refractivity contribution in [2.24, 2.45) is 9.98 Å². The molecule has 4 aromatic carbocycles. The first kappa shape index (κ1) is 48.1. The largest absolute Gasteiger partial charge is 0.478 e. The molecule has 4 aromatic rings. The van der Waals surface area contributed by atoms with E-state index in [1.54, 1.807) is 0 Å². The zero-order valence-corrected chi connectivity index (χ0v) is 34.1. The molecule has 2 heterocycles. The van der Waals surface area contributed by atoms with E-state index < -0.39 is 89.7 Å². The van der Waals surface area contributed by atoms with E-state index in [1.807, 2.05) is 0 Å². The summed E-state index contributed by atoms with van der Waals surface area (Å²) in [7, 11) is 0. The van der Waals surface area contributed by atoms with Crippen LogP contribution in [0.1, 0.15) is 62.1 Å². The van der Waals surface area contributed by atoms with Crippen LogP contribution in [0.5, 0.6) is 0 Å². The van der Waals surface area contributed by atoms with Gasteiger partial charge in [-0.05, 0) is 70.8 Å². The first-order valence-corrected chi connectivity index (χ1v) is 18.8. The molecule has 2 unspecified atom stereocenters. The van der Waals surface area contributed by atoms with Gasteiger partial charge in [-0.2, -0.15) is 57.9 Å². The molecule has 6 rings (SSSR count). The fourth-order valence-corrected chi connectivity index (χ4v) is 7.79. The van der Waals surface area contributed by atoms with Gasteiger partial charge in [0.25, 0.3) is 0 Å². The molecule has 0 spiro atoms. The van der Waals surface area contributed by atoms with Crippen molar-refractivity contribution in [1.82, 2.24) is 0 Å². The van der Waals surface area contributed by atoms with Crippen molar-refractivity contribution in [3.63, 3.8) is 0 Å². The lowest BCUT2D eigenvalue weighted by atomic mass is 9.76. The second-order valence-corrected chi connectivity index (χ2v) is 15.9. The van der Waals surface area contributed by atoms with Gasteiger partial charge in [0.1, 0.15) is 10.8 Å². The summed E-state index contributed by atoms with van der Waals surface area (Å²) in [6.07, 6.45) is -21.1. The highest BCUT2D eigenvalue weighted by atomic mass is 35.5. The minimum Gasteiger partial charge on any atom is -0.478 e. The summed E-state index contributed by atoms with van der Waals surface area (Å²) in [5, 5.41) is 16.8. The van der Waals surface area contributed by atoms with Gasteiger partial charge in [-0.1, -0.05) is 81.7 Å². The van der Waals surface area contributed by atoms with Crippen LogP contribution < -0.4 is 0 Å². The molecule has 61 heavy (non-hydrogen) atoms. The normalized spacial score (nSPS) is 19.5. The van der Waals surface area contributed by atoms with Crippen LogP contribution >= 0.6 is 69.6 Å². The fourth-order valence-electron chi connectivity index (χ4n) is 6.60. The molecule has 0 fully saturated rings. The third kappa shape index (κ3) is 9.40. The summed E-state index contributed by atoms with van der Waals surface area (Å²) in [6, 6.07) is 10.3. The van der Waals surface area contributed by atoms with Gasteiger partial charge in [-0.25, -0.2) is 4.79 Å². The summed E-state index contributed by atoms with van der Waals surface area (Å²) in [5.41, 5.74) is -11.0. The van der Waals surface area contributed by atoms with Gasteiger partial charge in [-0.3, -0.25) is 9.98 Å². The minimum atomic E-state index is -5.03. The van der Waals surface area contributed by atoms with Crippen LogP contribution in [0.2, 0.25) is 30.1 Å². The Bertz CT molecular complexity index is 2480. The lowest BCUT2D eigenvalue weighted by Crippen LogP contribution is -2.43. The van der Waals surface area contributed by atoms with Crippen molar-refractivity contribution in [1.29, 1.82) is 5.26 Å². The van der Waals surface area contributed by atoms with Gasteiger partial charge >= 0.3 is 30.7 Å². The van der Waals surface area contributed by atoms with Gasteiger partial charge < -0.3 is 5.11 Å². The summed E-state index contributed by atoms with van der Waals surface area (Å²) in [6.45, 7) is -1.58. The number of carboxylic acids is 1. The van der Waals surface area contributed by atoms with Crippen LogP contribution in [0.4, 0.5) is 52.7 Å². The van der Waals surface area contributed by atoms with Crippen molar-refractivity contribution in [3.05, 3.63) is 135 Å². The summed E-state index contributed by atoms with van der Waals surface area (Å²) in [4.78, 5) is 18.8. The highest BCUT2D eigenvalue weighted by Crippen LogP contribution is 2.52. The fraction of sp³-hybridized carbons (Fsp3) is 0.263. The molecule has 0 saturated carbocycles. The second-order valence-electron chi connectivity index (χ2n) is 13.5. The number of halogens is 18. The Morgan fingerprint density at radius 2 is 0.951 bits per heavy atom. The van der Waals surface area contributed by atoms with Crippen molar-refractivity contribution < 1.29 is 62.6 Å². The molecular weight excluding hydrogens is 971 g/mol. The maximum absolute atomic E-state index is 14.1. The molecule has 2 aliphatic heterocycles. The van der Waals surface area contributed by atoms with Crippen molar-refractivity contribution in [2.45, 2.75) is 48.4 Å². The molecule has 0 saturated heterocycles. The van der Waals surface area contributed by atoms with E-state index in [1.165, 1.54) is 6.07 Å². The van der Waals surface area contributed by atoms with Gasteiger partial charge in [-0.15, -0.1) is 0 Å². The number of hydrogen-bond donors (Lipinski definition) is 1. The summed E-state index contributed by atoms with van der Waals surface area (Å²) >= 11 is 35.2. The SMILES string of the molecule is N#Cc1ccc(C2=NCC(c3cc(Cl)c(Cl)c(Cl)c3)(C(F)(F)F)C2)cc1C(F)(F)F.O=C(O)c1ccc(C2=NCC(c3cc(Cl)c(Cl)c(Cl)c3)(C(F)(F)F)C2)cc1C(F)(F)F. The smallest absolute Gasteiger partial charge is 0.417 e. The summed E-state index contributed by atoms with van der Waals surface area (Å²) < 4.78 is 164. The molecular formula is C38H19Cl6F12N3O2. The predicted molar refractivity (Wildman–Crippen MR) is 205 cm³/mol. The first-order valence-electron chi connectivity index (χ1n) is 16.5. The molecule has 1 N–H and O–H groups in total. The third-order valence-electron chi connectivity index (χ3n) is 9.84. The van der Waals surface area contributed by atoms with Gasteiger partial charge in [0.15, 0.2) is 0 Å². The van der Waals surface area contributed by atoms with Crippen LogP contribution in [-0.4, -0.2) is 47.9 Å². The van der Waals surface area contributed by atoms with E-state index in [4.69, 9.17) is 80.0 Å². The number of nitriles is 1. The lowest BCUT2D eigenvalue weighted by Gasteiger charge is -2.32. The van der Waals surface area contributed by atoms with E-state index in [2.05, 4.69) is 9.98 Å². The van der Waals surface area contributed by atoms with E-state index in [9.17, 15) is 57.5 Å². The number of hydrogen-bond acceptors (Lipinski definition) is 4. The Labute approximate surface area is 366 Å². The molecule has 0 bridgehead atoms. The van der Waals surface area contributed by atoms with Crippen LogP contribution in [0.25, 0.3) is 0 Å². The molecule has 0 amide bonds. The third-order valence-corrected chi connectivity index (χ3v) is 12.2. The number of rotatable bonds is 5. The van der Waals surface area contributed by atoms with E-state index in [0.29, 0.717) is 18.2 Å². The molecule has 2 aliphatic rings. The lowest BCUT2D eigenvalue weighted by molar-refractivity contribution is -0.184. The quantitative estimate of drug-likeness (QED) is 0.160. The van der Waals surface area contributed by atoms with Crippen molar-refractivity contribution in [3.8, 4) is 6.07 Å². The minimum absolute atomic E-state index is 0.111. The van der Waals surface area contributed by atoms with Crippen LogP contribution in [-0.2, 0) is 23.2 Å². The van der Waals surface area contributed by atoms with Crippen molar-refractivity contribution in [2.75, 3.05) is 13.1 Å². The van der Waals surface area contributed by atoms with Gasteiger partial charge in [0, 0.05) is 24.3 Å². The van der Waals surface area contributed by atoms with E-state index in [0.717, 1.165) is 42.5 Å². The van der Waals surface area contributed by atoms with Gasteiger partial charge in [0.05, 0.1) is 71.5 Å². The number of nitrogens with zero attached hydrogens (tertiary/aromatic N) is 3. The molecule has 23 heteroatoms. The van der Waals surface area contributed by atoms with Crippen molar-refractivity contribution >= 4 is 87.0 Å². The Morgan fingerprint density at radius 3 is 1.28 bits per heavy atom. The molecule has 324 valence electrons. The number of aromatic carboxylic acids is 1. The zero-order chi connectivity index (χ0) is 45.8. The van der Waals surface area contributed by atoms with Crippen LogP contribution in [0.15, 0.2) is 70.6 Å². The molecule has 2 atom stereocenters. The number of carboxylic acid groups (broad SMARTS) is 1.